The molecule has 1 heterocycles. The van der Waals surface area contributed by atoms with Crippen LogP contribution in [0.2, 0.25) is 0 Å². The third kappa shape index (κ3) is 3.69. The lowest BCUT2D eigenvalue weighted by molar-refractivity contribution is -0.134. The Bertz CT molecular complexity index is 285. The molecule has 0 radical (unpaired) electrons. The maximum absolute atomic E-state index is 11.7. The van der Waals surface area contributed by atoms with Crippen molar-refractivity contribution in [3.8, 4) is 0 Å². The molecular weight excluding hydrogens is 212 g/mol. The van der Waals surface area contributed by atoms with Crippen LogP contribution in [0.5, 0.6) is 0 Å². The molecule has 1 rings (SSSR count). The lowest BCUT2D eigenvalue weighted by Crippen LogP contribution is -2.51. The van der Waals surface area contributed by atoms with E-state index in [9.17, 15) is 9.59 Å². The Morgan fingerprint density at radius 2 is 2.06 bits per heavy atom. The van der Waals surface area contributed by atoms with Crippen molar-refractivity contribution in [2.24, 2.45) is 5.73 Å². The number of morpholine rings is 1. The van der Waals surface area contributed by atoms with E-state index in [-0.39, 0.29) is 6.54 Å². The Balaban J connectivity index is 2.54. The van der Waals surface area contributed by atoms with Crippen LogP contribution in [-0.2, 0) is 14.3 Å². The quantitative estimate of drug-likeness (QED) is 0.693. The number of amides is 2. The van der Waals surface area contributed by atoms with Crippen LogP contribution in [0, 0.1) is 0 Å². The van der Waals surface area contributed by atoms with E-state index >= 15 is 0 Å². The van der Waals surface area contributed by atoms with Gasteiger partial charge in [0.2, 0.25) is 5.91 Å². The highest BCUT2D eigenvalue weighted by atomic mass is 16.6. The molecule has 0 aromatic rings. The Morgan fingerprint density at radius 1 is 1.44 bits per heavy atom. The molecule has 2 amide bonds. The van der Waals surface area contributed by atoms with Gasteiger partial charge in [0.05, 0.1) is 13.2 Å². The summed E-state index contributed by atoms with van der Waals surface area (Å²) in [7, 11) is 0. The van der Waals surface area contributed by atoms with Crippen molar-refractivity contribution in [1.29, 1.82) is 0 Å². The number of carbonyl (C=O) groups is 2. The minimum absolute atomic E-state index is 0.157. The van der Waals surface area contributed by atoms with Gasteiger partial charge in [-0.05, 0) is 20.8 Å². The van der Waals surface area contributed by atoms with Crippen LogP contribution in [0.25, 0.3) is 0 Å². The van der Waals surface area contributed by atoms with Crippen LogP contribution < -0.4 is 5.73 Å². The summed E-state index contributed by atoms with van der Waals surface area (Å²) >= 11 is 0. The van der Waals surface area contributed by atoms with Crippen molar-refractivity contribution >= 4 is 12.0 Å². The van der Waals surface area contributed by atoms with Crippen molar-refractivity contribution in [2.45, 2.75) is 32.5 Å². The fourth-order valence-electron chi connectivity index (χ4n) is 1.31. The SMILES string of the molecule is CC(C)(C)OC(=O)N1CCO[C@H](C(N)=O)C1. The van der Waals surface area contributed by atoms with E-state index < -0.39 is 23.7 Å². The zero-order valence-electron chi connectivity index (χ0n) is 9.86. The lowest BCUT2D eigenvalue weighted by Gasteiger charge is -2.32. The number of hydrogen-bond donors (Lipinski definition) is 1. The van der Waals surface area contributed by atoms with E-state index in [4.69, 9.17) is 15.2 Å². The normalized spacial score (nSPS) is 21.7. The van der Waals surface area contributed by atoms with E-state index in [1.807, 2.05) is 0 Å². The standard InChI is InChI=1S/C10H18N2O4/c1-10(2,3)16-9(14)12-4-5-15-7(6-12)8(11)13/h7H,4-6H2,1-3H3,(H2,11,13)/t7-/m0/s1. The minimum atomic E-state index is -0.735. The van der Waals surface area contributed by atoms with Crippen LogP contribution in [0.15, 0.2) is 0 Å². The van der Waals surface area contributed by atoms with Gasteiger partial charge in [-0.2, -0.15) is 0 Å². The number of carbonyl (C=O) groups excluding carboxylic acids is 2. The highest BCUT2D eigenvalue weighted by molar-refractivity contribution is 5.80. The summed E-state index contributed by atoms with van der Waals surface area (Å²) in [6.45, 7) is 6.24. The molecule has 0 spiro atoms. The molecule has 0 bridgehead atoms. The fraction of sp³-hybridized carbons (Fsp3) is 0.800. The first kappa shape index (κ1) is 12.8. The fourth-order valence-corrected chi connectivity index (χ4v) is 1.31. The average molecular weight is 230 g/mol. The topological polar surface area (TPSA) is 81.9 Å². The van der Waals surface area contributed by atoms with E-state index in [1.54, 1.807) is 20.8 Å². The predicted octanol–water partition coefficient (Wildman–Crippen LogP) is 0.108. The summed E-state index contributed by atoms with van der Waals surface area (Å²) in [6.07, 6.45) is -1.18. The predicted molar refractivity (Wildman–Crippen MR) is 56.7 cm³/mol. The van der Waals surface area contributed by atoms with Gasteiger partial charge in [0.1, 0.15) is 5.60 Å². The van der Waals surface area contributed by atoms with E-state index in [1.165, 1.54) is 4.90 Å². The Kier molecular flexibility index (Phi) is 3.74. The molecule has 1 aliphatic rings. The first-order valence-corrected chi connectivity index (χ1v) is 5.18. The van der Waals surface area contributed by atoms with E-state index in [0.717, 1.165) is 0 Å². The Morgan fingerprint density at radius 3 is 2.56 bits per heavy atom. The molecule has 2 N–H and O–H groups in total. The molecule has 6 nitrogen and oxygen atoms in total. The summed E-state index contributed by atoms with van der Waals surface area (Å²) in [5.74, 6) is -0.562. The summed E-state index contributed by atoms with van der Waals surface area (Å²) in [5.41, 5.74) is 4.57. The van der Waals surface area contributed by atoms with Gasteiger partial charge in [-0.1, -0.05) is 0 Å². The van der Waals surface area contributed by atoms with E-state index in [2.05, 4.69) is 0 Å². The lowest BCUT2D eigenvalue weighted by atomic mass is 10.2. The minimum Gasteiger partial charge on any atom is -0.444 e. The summed E-state index contributed by atoms with van der Waals surface area (Å²) in [5, 5.41) is 0. The zero-order chi connectivity index (χ0) is 12.3. The largest absolute Gasteiger partial charge is 0.444 e. The van der Waals surface area contributed by atoms with Gasteiger partial charge in [-0.3, -0.25) is 4.79 Å². The van der Waals surface area contributed by atoms with Crippen molar-refractivity contribution in [1.82, 2.24) is 4.90 Å². The number of rotatable bonds is 1. The van der Waals surface area contributed by atoms with Crippen molar-refractivity contribution < 1.29 is 19.1 Å². The van der Waals surface area contributed by atoms with Gasteiger partial charge < -0.3 is 20.1 Å². The van der Waals surface area contributed by atoms with Crippen molar-refractivity contribution in [2.75, 3.05) is 19.7 Å². The van der Waals surface area contributed by atoms with E-state index in [0.29, 0.717) is 13.2 Å². The average Bonchev–Trinajstić information content (AvgIpc) is 2.15. The number of nitrogens with zero attached hydrogens (tertiary/aromatic N) is 1. The summed E-state index contributed by atoms with van der Waals surface area (Å²) < 4.78 is 10.3. The molecule has 92 valence electrons. The second-order valence-corrected chi connectivity index (χ2v) is 4.69. The van der Waals surface area contributed by atoms with Gasteiger partial charge in [0.15, 0.2) is 6.10 Å². The van der Waals surface area contributed by atoms with Crippen molar-refractivity contribution in [3.63, 3.8) is 0 Å². The molecule has 1 aliphatic heterocycles. The van der Waals surface area contributed by atoms with Crippen molar-refractivity contribution in [3.05, 3.63) is 0 Å². The maximum atomic E-state index is 11.7. The molecule has 0 saturated carbocycles. The molecule has 1 atom stereocenters. The first-order chi connectivity index (χ1) is 7.29. The summed E-state index contributed by atoms with van der Waals surface area (Å²) in [6, 6.07) is 0. The van der Waals surface area contributed by atoms with Gasteiger partial charge in [-0.15, -0.1) is 0 Å². The maximum Gasteiger partial charge on any atom is 0.410 e. The van der Waals surface area contributed by atoms with Gasteiger partial charge in [0.25, 0.3) is 0 Å². The third-order valence-electron chi connectivity index (χ3n) is 2.04. The van der Waals surface area contributed by atoms with Crippen LogP contribution in [0.4, 0.5) is 4.79 Å². The molecule has 1 saturated heterocycles. The number of nitrogens with two attached hydrogens (primary N) is 1. The van der Waals surface area contributed by atoms with Gasteiger partial charge >= 0.3 is 6.09 Å². The Hall–Kier alpha value is -1.30. The summed E-state index contributed by atoms with van der Waals surface area (Å²) in [4.78, 5) is 24.0. The molecular formula is C10H18N2O4. The van der Waals surface area contributed by atoms with Gasteiger partial charge in [-0.25, -0.2) is 4.79 Å². The number of ether oxygens (including phenoxy) is 2. The molecule has 0 aromatic carbocycles. The first-order valence-electron chi connectivity index (χ1n) is 5.18. The highest BCUT2D eigenvalue weighted by Gasteiger charge is 2.30. The molecule has 0 aromatic heterocycles. The molecule has 16 heavy (non-hydrogen) atoms. The van der Waals surface area contributed by atoms with Crippen LogP contribution in [0.3, 0.4) is 0 Å². The number of primary amides is 1. The third-order valence-corrected chi connectivity index (χ3v) is 2.04. The van der Waals surface area contributed by atoms with Crippen LogP contribution in [0.1, 0.15) is 20.8 Å². The molecule has 0 aliphatic carbocycles. The molecule has 6 heteroatoms. The monoisotopic (exact) mass is 230 g/mol. The smallest absolute Gasteiger partial charge is 0.410 e. The van der Waals surface area contributed by atoms with Crippen LogP contribution >= 0.6 is 0 Å². The second-order valence-electron chi connectivity index (χ2n) is 4.69. The number of hydrogen-bond acceptors (Lipinski definition) is 4. The zero-order valence-corrected chi connectivity index (χ0v) is 9.86. The van der Waals surface area contributed by atoms with Gasteiger partial charge in [0, 0.05) is 6.54 Å². The molecule has 0 unspecified atom stereocenters. The highest BCUT2D eigenvalue weighted by Crippen LogP contribution is 2.12. The second kappa shape index (κ2) is 4.69. The molecule has 1 fully saturated rings. The Labute approximate surface area is 94.7 Å². The van der Waals surface area contributed by atoms with Crippen LogP contribution in [-0.4, -0.2) is 48.3 Å².